The summed E-state index contributed by atoms with van der Waals surface area (Å²) in [5, 5.41) is 9.35. The molecule has 0 spiro atoms. The van der Waals surface area contributed by atoms with Crippen molar-refractivity contribution in [2.24, 2.45) is 13.0 Å². The van der Waals surface area contributed by atoms with Crippen molar-refractivity contribution in [3.63, 3.8) is 0 Å². The third-order valence-corrected chi connectivity index (χ3v) is 5.80. The molecule has 0 bridgehead atoms. The fraction of sp³-hybridized carbons (Fsp3) is 0.583. The summed E-state index contributed by atoms with van der Waals surface area (Å²) in [6.07, 6.45) is 2.76. The second-order valence-corrected chi connectivity index (χ2v) is 6.74. The Hall–Kier alpha value is -1.34. The molecule has 7 heteroatoms. The number of rotatable bonds is 3. The summed E-state index contributed by atoms with van der Waals surface area (Å²) in [6, 6.07) is 2.67. The third kappa shape index (κ3) is 2.40. The molecule has 2 atom stereocenters. The molecule has 0 aliphatic carbocycles. The van der Waals surface area contributed by atoms with E-state index in [9.17, 15) is 13.2 Å². The van der Waals surface area contributed by atoms with Crippen LogP contribution >= 0.6 is 0 Å². The molecule has 19 heavy (non-hydrogen) atoms. The number of carboxylic acid groups (broad SMARTS) is 1. The topological polar surface area (TPSA) is 79.6 Å². The molecule has 0 unspecified atom stereocenters. The SMILES string of the molecule is C[C@@H]1[C@H](C(=O)O)CCCN1S(=O)(=O)c1cccn1C. The summed E-state index contributed by atoms with van der Waals surface area (Å²) >= 11 is 0. The van der Waals surface area contributed by atoms with Crippen molar-refractivity contribution in [2.45, 2.75) is 30.8 Å². The number of hydrogen-bond donors (Lipinski definition) is 1. The van der Waals surface area contributed by atoms with Gasteiger partial charge in [-0.2, -0.15) is 4.31 Å². The highest BCUT2D eigenvalue weighted by molar-refractivity contribution is 7.89. The lowest BCUT2D eigenvalue weighted by Gasteiger charge is -2.36. The molecule has 2 rings (SSSR count). The summed E-state index contributed by atoms with van der Waals surface area (Å²) in [6.45, 7) is 2.04. The lowest BCUT2D eigenvalue weighted by molar-refractivity contribution is -0.144. The maximum absolute atomic E-state index is 12.6. The van der Waals surface area contributed by atoms with Crippen LogP contribution in [0.3, 0.4) is 0 Å². The van der Waals surface area contributed by atoms with Crippen LogP contribution in [0.15, 0.2) is 23.4 Å². The second-order valence-electron chi connectivity index (χ2n) is 4.90. The Balaban J connectivity index is 2.35. The predicted molar refractivity (Wildman–Crippen MR) is 69.1 cm³/mol. The zero-order chi connectivity index (χ0) is 14.2. The van der Waals surface area contributed by atoms with Gasteiger partial charge in [0, 0.05) is 25.8 Å². The molecule has 1 aliphatic heterocycles. The number of hydrogen-bond acceptors (Lipinski definition) is 3. The number of carboxylic acids is 1. The summed E-state index contributed by atoms with van der Waals surface area (Å²) in [5.74, 6) is -1.57. The van der Waals surface area contributed by atoms with Crippen LogP contribution in [0.1, 0.15) is 19.8 Å². The Morgan fingerprint density at radius 1 is 1.47 bits per heavy atom. The molecule has 0 aromatic carbocycles. The lowest BCUT2D eigenvalue weighted by Crippen LogP contribution is -2.49. The van der Waals surface area contributed by atoms with Crippen LogP contribution in [0, 0.1) is 5.92 Å². The van der Waals surface area contributed by atoms with Gasteiger partial charge in [0.25, 0.3) is 10.0 Å². The number of aryl methyl sites for hydroxylation is 1. The van der Waals surface area contributed by atoms with E-state index in [0.717, 1.165) is 0 Å². The van der Waals surface area contributed by atoms with Crippen molar-refractivity contribution in [3.8, 4) is 0 Å². The Morgan fingerprint density at radius 3 is 2.68 bits per heavy atom. The summed E-state index contributed by atoms with van der Waals surface area (Å²) in [7, 11) is -1.97. The maximum atomic E-state index is 12.6. The first kappa shape index (κ1) is 14.1. The van der Waals surface area contributed by atoms with Gasteiger partial charge in [-0.05, 0) is 31.9 Å². The van der Waals surface area contributed by atoms with Crippen molar-refractivity contribution in [1.82, 2.24) is 8.87 Å². The highest BCUT2D eigenvalue weighted by Crippen LogP contribution is 2.29. The van der Waals surface area contributed by atoms with Crippen LogP contribution in [0.2, 0.25) is 0 Å². The highest BCUT2D eigenvalue weighted by atomic mass is 32.2. The van der Waals surface area contributed by atoms with E-state index in [2.05, 4.69) is 0 Å². The highest BCUT2D eigenvalue weighted by Gasteiger charge is 2.40. The van der Waals surface area contributed by atoms with Gasteiger partial charge >= 0.3 is 5.97 Å². The molecule has 1 fully saturated rings. The Kier molecular flexibility index (Phi) is 3.69. The largest absolute Gasteiger partial charge is 0.481 e. The van der Waals surface area contributed by atoms with Crippen molar-refractivity contribution in [2.75, 3.05) is 6.54 Å². The molecule has 1 aromatic rings. The van der Waals surface area contributed by atoms with Crippen LogP contribution in [-0.4, -0.2) is 41.0 Å². The average Bonchev–Trinajstić information content (AvgIpc) is 2.75. The van der Waals surface area contributed by atoms with Crippen molar-refractivity contribution in [1.29, 1.82) is 0 Å². The van der Waals surface area contributed by atoms with Gasteiger partial charge in [0.15, 0.2) is 0 Å². The van der Waals surface area contributed by atoms with Gasteiger partial charge in [0.05, 0.1) is 5.92 Å². The third-order valence-electron chi connectivity index (χ3n) is 3.72. The van der Waals surface area contributed by atoms with Crippen LogP contribution in [0.25, 0.3) is 0 Å². The predicted octanol–water partition coefficient (Wildman–Crippen LogP) is 0.899. The van der Waals surface area contributed by atoms with Gasteiger partial charge in [-0.25, -0.2) is 8.42 Å². The van der Waals surface area contributed by atoms with Gasteiger partial charge in [0.1, 0.15) is 5.03 Å². The Labute approximate surface area is 112 Å². The van der Waals surface area contributed by atoms with E-state index >= 15 is 0 Å². The minimum Gasteiger partial charge on any atom is -0.481 e. The molecular formula is C12H18N2O4S. The van der Waals surface area contributed by atoms with E-state index in [-0.39, 0.29) is 5.03 Å². The quantitative estimate of drug-likeness (QED) is 0.895. The Morgan fingerprint density at radius 2 is 2.16 bits per heavy atom. The smallest absolute Gasteiger partial charge is 0.308 e. The lowest BCUT2D eigenvalue weighted by atomic mass is 9.92. The number of sulfonamides is 1. The molecule has 0 saturated carbocycles. The van der Waals surface area contributed by atoms with Gasteiger partial charge in [-0.15, -0.1) is 0 Å². The minimum atomic E-state index is -3.63. The van der Waals surface area contributed by atoms with Crippen molar-refractivity contribution in [3.05, 3.63) is 18.3 Å². The minimum absolute atomic E-state index is 0.199. The number of aromatic nitrogens is 1. The first-order chi connectivity index (χ1) is 8.85. The normalized spacial score (nSPS) is 25.4. The van der Waals surface area contributed by atoms with Gasteiger partial charge in [-0.1, -0.05) is 0 Å². The second kappa shape index (κ2) is 4.97. The maximum Gasteiger partial charge on any atom is 0.308 e. The molecule has 1 aliphatic rings. The molecular weight excluding hydrogens is 268 g/mol. The molecule has 0 amide bonds. The van der Waals surface area contributed by atoms with Gasteiger partial charge < -0.3 is 9.67 Å². The standard InChI is InChI=1S/C12H18N2O4S/c1-9-10(12(15)16)5-3-8-14(9)19(17,18)11-6-4-7-13(11)2/h4,6-7,9-10H,3,5,8H2,1-2H3,(H,15,16)/t9-,10-/m1/s1. The first-order valence-electron chi connectivity index (χ1n) is 6.21. The molecule has 6 nitrogen and oxygen atoms in total. The molecule has 1 N–H and O–H groups in total. The van der Waals surface area contributed by atoms with Gasteiger partial charge in [-0.3, -0.25) is 4.79 Å². The van der Waals surface area contributed by atoms with E-state index in [4.69, 9.17) is 5.11 Å². The number of aliphatic carboxylic acids is 1. The molecule has 1 saturated heterocycles. The van der Waals surface area contributed by atoms with Gasteiger partial charge in [0.2, 0.25) is 0 Å². The van der Waals surface area contributed by atoms with E-state index in [1.165, 1.54) is 14.9 Å². The van der Waals surface area contributed by atoms with Crippen LogP contribution in [0.4, 0.5) is 0 Å². The zero-order valence-corrected chi connectivity index (χ0v) is 11.8. The summed E-state index contributed by atoms with van der Waals surface area (Å²) in [5.41, 5.74) is 0. The van der Waals surface area contributed by atoms with E-state index in [1.807, 2.05) is 0 Å². The summed E-state index contributed by atoms with van der Waals surface area (Å²) < 4.78 is 28.0. The number of piperidine rings is 1. The van der Waals surface area contributed by atoms with E-state index < -0.39 is 28.0 Å². The Bertz CT molecular complexity index is 578. The average molecular weight is 286 g/mol. The molecule has 2 heterocycles. The van der Waals surface area contributed by atoms with Crippen molar-refractivity contribution >= 4 is 16.0 Å². The molecule has 0 radical (unpaired) electrons. The molecule has 106 valence electrons. The van der Waals surface area contributed by atoms with Crippen LogP contribution < -0.4 is 0 Å². The van der Waals surface area contributed by atoms with Crippen LogP contribution in [-0.2, 0) is 21.9 Å². The van der Waals surface area contributed by atoms with Crippen LogP contribution in [0.5, 0.6) is 0 Å². The van der Waals surface area contributed by atoms with E-state index in [0.29, 0.717) is 19.4 Å². The van der Waals surface area contributed by atoms with Crippen molar-refractivity contribution < 1.29 is 18.3 Å². The monoisotopic (exact) mass is 286 g/mol. The fourth-order valence-electron chi connectivity index (χ4n) is 2.62. The zero-order valence-electron chi connectivity index (χ0n) is 11.0. The van der Waals surface area contributed by atoms with E-state index in [1.54, 1.807) is 26.2 Å². The first-order valence-corrected chi connectivity index (χ1v) is 7.65. The number of nitrogens with zero attached hydrogens (tertiary/aromatic N) is 2. The summed E-state index contributed by atoms with van der Waals surface area (Å²) in [4.78, 5) is 11.2. The molecule has 1 aromatic heterocycles. The fourth-order valence-corrected chi connectivity index (χ4v) is 4.48. The number of carbonyl (C=O) groups is 1.